The number of fused-ring (bicyclic) bond motifs is 3. The molecule has 26 heavy (non-hydrogen) atoms. The Balaban J connectivity index is 2.00. The summed E-state index contributed by atoms with van der Waals surface area (Å²) in [4.78, 5) is 20.3. The number of anilines is 1. The fourth-order valence-electron chi connectivity index (χ4n) is 2.55. The molecule has 0 saturated carbocycles. The summed E-state index contributed by atoms with van der Waals surface area (Å²) in [7, 11) is -2.26. The topological polar surface area (TPSA) is 92.3 Å². The molecule has 2 aromatic rings. The van der Waals surface area contributed by atoms with Crippen LogP contribution in [0.5, 0.6) is 0 Å². The number of carbonyl (C=O) groups excluding carboxylic acids is 1. The molecular weight excluding hydrogens is 396 g/mol. The van der Waals surface area contributed by atoms with Gasteiger partial charge in [-0.15, -0.1) is 0 Å². The maximum atomic E-state index is 12.7. The van der Waals surface area contributed by atoms with Crippen LogP contribution in [-0.4, -0.2) is 43.1 Å². The van der Waals surface area contributed by atoms with E-state index in [1.807, 2.05) is 13.8 Å². The van der Waals surface area contributed by atoms with E-state index in [4.69, 9.17) is 11.6 Å². The highest BCUT2D eigenvalue weighted by molar-refractivity contribution is 7.99. The highest BCUT2D eigenvalue weighted by Gasteiger charge is 2.34. The zero-order chi connectivity index (χ0) is 19.1. The third-order valence-electron chi connectivity index (χ3n) is 3.71. The van der Waals surface area contributed by atoms with E-state index in [-0.39, 0.29) is 22.6 Å². The van der Waals surface area contributed by atoms with Crippen molar-refractivity contribution >= 4 is 45.0 Å². The number of nitrogens with zero attached hydrogens (tertiary/aromatic N) is 3. The Morgan fingerprint density at radius 3 is 2.81 bits per heavy atom. The van der Waals surface area contributed by atoms with Crippen LogP contribution in [0.25, 0.3) is 11.3 Å². The molecule has 1 aromatic heterocycles. The number of thioether (sulfide) groups is 1. The number of nitrogens with one attached hydrogen (secondary N) is 1. The van der Waals surface area contributed by atoms with Crippen LogP contribution < -0.4 is 9.62 Å². The normalized spacial score (nSPS) is 14.7. The largest absolute Gasteiger partial charge is 0.353 e. The molecule has 7 nitrogen and oxygen atoms in total. The summed E-state index contributed by atoms with van der Waals surface area (Å²) in [5, 5.41) is 3.59. The number of halogens is 1. The van der Waals surface area contributed by atoms with Crippen LogP contribution in [0.1, 0.15) is 13.8 Å². The molecule has 1 N–H and O–H groups in total. The number of hydrogen-bond donors (Lipinski definition) is 1. The molecule has 3 rings (SSSR count). The van der Waals surface area contributed by atoms with Gasteiger partial charge >= 0.3 is 0 Å². The van der Waals surface area contributed by atoms with E-state index in [0.717, 1.165) is 11.8 Å². The van der Waals surface area contributed by atoms with Gasteiger partial charge in [-0.05, 0) is 32.0 Å². The Kier molecular flexibility index (Phi) is 5.14. The van der Waals surface area contributed by atoms with Crippen molar-refractivity contribution < 1.29 is 13.2 Å². The van der Waals surface area contributed by atoms with Crippen LogP contribution in [0.15, 0.2) is 34.4 Å². The van der Waals surface area contributed by atoms with Crippen LogP contribution >= 0.6 is 23.4 Å². The molecule has 0 unspecified atom stereocenters. The van der Waals surface area contributed by atoms with Crippen LogP contribution in [0.2, 0.25) is 5.02 Å². The molecule has 0 radical (unpaired) electrons. The van der Waals surface area contributed by atoms with E-state index in [1.54, 1.807) is 18.2 Å². The highest BCUT2D eigenvalue weighted by atomic mass is 35.5. The first kappa shape index (κ1) is 18.9. The summed E-state index contributed by atoms with van der Waals surface area (Å²) in [6.45, 7) is 3.75. The quantitative estimate of drug-likeness (QED) is 0.612. The maximum absolute atomic E-state index is 12.7. The van der Waals surface area contributed by atoms with Gasteiger partial charge < -0.3 is 5.32 Å². The van der Waals surface area contributed by atoms with Crippen LogP contribution in [0.4, 0.5) is 5.69 Å². The summed E-state index contributed by atoms with van der Waals surface area (Å²) in [5.74, 6) is 0.00794. The third-order valence-corrected chi connectivity index (χ3v) is 6.58. The predicted octanol–water partition coefficient (Wildman–Crippen LogP) is 2.55. The van der Waals surface area contributed by atoms with E-state index < -0.39 is 10.0 Å². The summed E-state index contributed by atoms with van der Waals surface area (Å²) in [6.07, 6.45) is 1.28. The monoisotopic (exact) mass is 412 g/mol. The number of rotatable bonds is 4. The Morgan fingerprint density at radius 1 is 1.38 bits per heavy atom. The standard InChI is InChI=1S/C16H17ClN4O3S2/c1-9(2)19-14(22)8-25-16-18-7-13-15(20-16)11-6-10(17)4-5-12(11)21(3)26(13,23)24/h4-7,9H,8H2,1-3H3,(H,19,22). The molecule has 0 aliphatic carbocycles. The lowest BCUT2D eigenvalue weighted by Crippen LogP contribution is -2.32. The van der Waals surface area contributed by atoms with Gasteiger partial charge in [-0.25, -0.2) is 18.4 Å². The van der Waals surface area contributed by atoms with Gasteiger partial charge in [-0.3, -0.25) is 9.10 Å². The molecular formula is C16H17ClN4O3S2. The van der Waals surface area contributed by atoms with E-state index in [1.165, 1.54) is 17.5 Å². The molecule has 0 bridgehead atoms. The second-order valence-electron chi connectivity index (χ2n) is 6.01. The lowest BCUT2D eigenvalue weighted by Gasteiger charge is -2.28. The van der Waals surface area contributed by atoms with E-state index >= 15 is 0 Å². The van der Waals surface area contributed by atoms with Gasteiger partial charge in [0.05, 0.1) is 23.3 Å². The van der Waals surface area contributed by atoms with Gasteiger partial charge in [0.25, 0.3) is 10.0 Å². The van der Waals surface area contributed by atoms with Crippen molar-refractivity contribution in [3.8, 4) is 11.3 Å². The average molecular weight is 413 g/mol. The second kappa shape index (κ2) is 7.05. The summed E-state index contributed by atoms with van der Waals surface area (Å²) in [6, 6.07) is 4.99. The number of amides is 1. The number of benzene rings is 1. The first-order valence-electron chi connectivity index (χ1n) is 7.78. The molecule has 0 spiro atoms. The minimum atomic E-state index is -3.73. The van der Waals surface area contributed by atoms with Gasteiger partial charge in [0, 0.05) is 23.7 Å². The Hall–Kier alpha value is -1.84. The van der Waals surface area contributed by atoms with E-state index in [2.05, 4.69) is 15.3 Å². The van der Waals surface area contributed by atoms with Crippen molar-refractivity contribution in [1.29, 1.82) is 0 Å². The smallest absolute Gasteiger partial charge is 0.267 e. The molecule has 1 amide bonds. The third kappa shape index (κ3) is 3.51. The summed E-state index contributed by atoms with van der Waals surface area (Å²) >= 11 is 7.23. The second-order valence-corrected chi connectivity index (χ2v) is 9.33. The number of aromatic nitrogens is 2. The van der Waals surface area contributed by atoms with Crippen molar-refractivity contribution in [2.75, 3.05) is 17.1 Å². The zero-order valence-electron chi connectivity index (χ0n) is 14.4. The van der Waals surface area contributed by atoms with Crippen molar-refractivity contribution in [1.82, 2.24) is 15.3 Å². The van der Waals surface area contributed by atoms with E-state index in [9.17, 15) is 13.2 Å². The van der Waals surface area contributed by atoms with Gasteiger partial charge in [0.2, 0.25) is 5.91 Å². The summed E-state index contributed by atoms with van der Waals surface area (Å²) in [5.41, 5.74) is 1.40. The molecule has 10 heteroatoms. The lowest BCUT2D eigenvalue weighted by molar-refractivity contribution is -0.119. The fraction of sp³-hybridized carbons (Fsp3) is 0.312. The zero-order valence-corrected chi connectivity index (χ0v) is 16.7. The van der Waals surface area contributed by atoms with Crippen LogP contribution in [0, 0.1) is 0 Å². The predicted molar refractivity (Wildman–Crippen MR) is 102 cm³/mol. The first-order valence-corrected chi connectivity index (χ1v) is 10.6. The van der Waals surface area contributed by atoms with Crippen molar-refractivity contribution in [3.63, 3.8) is 0 Å². The SMILES string of the molecule is CC(C)NC(=O)CSc1ncc2c(n1)-c1cc(Cl)ccc1N(C)S2(=O)=O. The Labute approximate surface area is 161 Å². The summed E-state index contributed by atoms with van der Waals surface area (Å²) < 4.78 is 26.6. The van der Waals surface area contributed by atoms with Gasteiger partial charge in [-0.1, -0.05) is 23.4 Å². The van der Waals surface area contributed by atoms with Crippen molar-refractivity contribution in [3.05, 3.63) is 29.4 Å². The minimum absolute atomic E-state index is 0.0192. The molecule has 0 saturated heterocycles. The van der Waals surface area contributed by atoms with Crippen LogP contribution in [-0.2, 0) is 14.8 Å². The molecule has 0 fully saturated rings. The Morgan fingerprint density at radius 2 is 2.12 bits per heavy atom. The van der Waals surface area contributed by atoms with Crippen molar-refractivity contribution in [2.24, 2.45) is 0 Å². The number of carbonyl (C=O) groups is 1. The molecule has 2 heterocycles. The highest BCUT2D eigenvalue weighted by Crippen LogP contribution is 2.42. The molecule has 1 aliphatic heterocycles. The number of hydrogen-bond acceptors (Lipinski definition) is 6. The van der Waals surface area contributed by atoms with Crippen LogP contribution in [0.3, 0.4) is 0 Å². The molecule has 0 atom stereocenters. The van der Waals surface area contributed by atoms with Gasteiger partial charge in [-0.2, -0.15) is 0 Å². The maximum Gasteiger partial charge on any atom is 0.267 e. The van der Waals surface area contributed by atoms with Gasteiger partial charge in [0.1, 0.15) is 4.90 Å². The average Bonchev–Trinajstić information content (AvgIpc) is 2.57. The first-order chi connectivity index (χ1) is 12.2. The molecule has 1 aliphatic rings. The Bertz CT molecular complexity index is 979. The molecule has 1 aromatic carbocycles. The van der Waals surface area contributed by atoms with Crippen molar-refractivity contribution in [2.45, 2.75) is 29.9 Å². The van der Waals surface area contributed by atoms with Gasteiger partial charge in [0.15, 0.2) is 5.16 Å². The number of sulfonamides is 1. The van der Waals surface area contributed by atoms with E-state index in [0.29, 0.717) is 27.1 Å². The molecule has 138 valence electrons. The minimum Gasteiger partial charge on any atom is -0.353 e. The lowest BCUT2D eigenvalue weighted by atomic mass is 10.1. The fourth-order valence-corrected chi connectivity index (χ4v) is 4.65.